The van der Waals surface area contributed by atoms with Crippen LogP contribution in [0.15, 0.2) is 29.4 Å². The van der Waals surface area contributed by atoms with Gasteiger partial charge in [-0.05, 0) is 19.1 Å². The summed E-state index contributed by atoms with van der Waals surface area (Å²) in [5, 5.41) is 27.2. The lowest BCUT2D eigenvalue weighted by Gasteiger charge is -2.07. The number of rotatable bonds is 7. The van der Waals surface area contributed by atoms with Crippen molar-refractivity contribution >= 4 is 23.4 Å². The SMILES string of the molecule is C[C@@H](Sc1nnc(COc2ccc([N+](=O)[O-])cc2)n1C)C(=O)O. The van der Waals surface area contributed by atoms with Crippen molar-refractivity contribution in [3.05, 3.63) is 40.2 Å². The highest BCUT2D eigenvalue weighted by atomic mass is 32.2. The predicted molar refractivity (Wildman–Crippen MR) is 81.4 cm³/mol. The van der Waals surface area contributed by atoms with Crippen molar-refractivity contribution in [2.24, 2.45) is 7.05 Å². The first-order valence-corrected chi connectivity index (χ1v) is 7.41. The number of nitro benzene ring substituents is 1. The summed E-state index contributed by atoms with van der Waals surface area (Å²) in [4.78, 5) is 20.9. The molecule has 0 saturated heterocycles. The molecule has 9 nitrogen and oxygen atoms in total. The molecule has 0 unspecified atom stereocenters. The van der Waals surface area contributed by atoms with Gasteiger partial charge in [0.05, 0.1) is 4.92 Å². The van der Waals surface area contributed by atoms with E-state index in [1.54, 1.807) is 18.5 Å². The highest BCUT2D eigenvalue weighted by molar-refractivity contribution is 8.00. The molecule has 1 aromatic carbocycles. The van der Waals surface area contributed by atoms with E-state index in [2.05, 4.69) is 10.2 Å². The molecule has 122 valence electrons. The second-order valence-corrected chi connectivity index (χ2v) is 5.90. The van der Waals surface area contributed by atoms with Crippen LogP contribution < -0.4 is 4.74 Å². The van der Waals surface area contributed by atoms with Crippen LogP contribution in [0.3, 0.4) is 0 Å². The van der Waals surface area contributed by atoms with Crippen LogP contribution in [-0.2, 0) is 18.4 Å². The van der Waals surface area contributed by atoms with Crippen LogP contribution in [0, 0.1) is 10.1 Å². The fraction of sp³-hybridized carbons (Fsp3) is 0.308. The van der Waals surface area contributed by atoms with Crippen molar-refractivity contribution in [2.45, 2.75) is 23.9 Å². The average molecular weight is 338 g/mol. The van der Waals surface area contributed by atoms with Crippen LogP contribution in [0.1, 0.15) is 12.7 Å². The lowest BCUT2D eigenvalue weighted by atomic mass is 10.3. The fourth-order valence-corrected chi connectivity index (χ4v) is 2.36. The van der Waals surface area contributed by atoms with Crippen LogP contribution in [0.25, 0.3) is 0 Å². The summed E-state index contributed by atoms with van der Waals surface area (Å²) in [7, 11) is 1.71. The summed E-state index contributed by atoms with van der Waals surface area (Å²) in [5.41, 5.74) is -0.0163. The Morgan fingerprint density at radius 2 is 2.09 bits per heavy atom. The fourth-order valence-electron chi connectivity index (χ4n) is 1.59. The molecule has 0 fully saturated rings. The molecule has 0 bridgehead atoms. The molecule has 2 rings (SSSR count). The van der Waals surface area contributed by atoms with Crippen molar-refractivity contribution in [3.63, 3.8) is 0 Å². The number of nitrogens with zero attached hydrogens (tertiary/aromatic N) is 4. The van der Waals surface area contributed by atoms with Crippen molar-refractivity contribution in [3.8, 4) is 5.75 Å². The van der Waals surface area contributed by atoms with Gasteiger partial charge in [0.15, 0.2) is 11.0 Å². The van der Waals surface area contributed by atoms with Gasteiger partial charge in [-0.15, -0.1) is 10.2 Å². The topological polar surface area (TPSA) is 120 Å². The monoisotopic (exact) mass is 338 g/mol. The molecular weight excluding hydrogens is 324 g/mol. The van der Waals surface area contributed by atoms with Crippen LogP contribution in [0.2, 0.25) is 0 Å². The molecule has 0 aliphatic rings. The number of hydrogen-bond acceptors (Lipinski definition) is 7. The van der Waals surface area contributed by atoms with Crippen molar-refractivity contribution in [1.82, 2.24) is 14.8 Å². The minimum absolute atomic E-state index is 0.0163. The van der Waals surface area contributed by atoms with Gasteiger partial charge in [0.2, 0.25) is 0 Å². The minimum atomic E-state index is -0.929. The summed E-state index contributed by atoms with van der Waals surface area (Å²) < 4.78 is 7.15. The Hall–Kier alpha value is -2.62. The third kappa shape index (κ3) is 4.19. The first-order chi connectivity index (χ1) is 10.9. The average Bonchev–Trinajstić information content (AvgIpc) is 2.86. The van der Waals surface area contributed by atoms with Crippen molar-refractivity contribution < 1.29 is 19.6 Å². The highest BCUT2D eigenvalue weighted by Gasteiger charge is 2.18. The molecule has 1 atom stereocenters. The third-order valence-electron chi connectivity index (χ3n) is 2.97. The van der Waals surface area contributed by atoms with Crippen molar-refractivity contribution in [2.75, 3.05) is 0 Å². The molecule has 0 spiro atoms. The summed E-state index contributed by atoms with van der Waals surface area (Å²) in [6, 6.07) is 5.69. The number of benzene rings is 1. The van der Waals surface area contributed by atoms with Gasteiger partial charge in [0, 0.05) is 19.2 Å². The number of aliphatic carboxylic acids is 1. The van der Waals surface area contributed by atoms with E-state index in [0.717, 1.165) is 11.8 Å². The zero-order chi connectivity index (χ0) is 17.0. The first kappa shape index (κ1) is 16.7. The third-order valence-corrected chi connectivity index (χ3v) is 4.09. The van der Waals surface area contributed by atoms with E-state index in [1.807, 2.05) is 0 Å². The molecule has 0 aliphatic heterocycles. The summed E-state index contributed by atoms with van der Waals surface area (Å²) in [6.45, 7) is 1.68. The molecule has 1 heterocycles. The molecule has 1 aromatic heterocycles. The van der Waals surface area contributed by atoms with E-state index in [1.165, 1.54) is 24.3 Å². The number of carbonyl (C=O) groups is 1. The normalized spacial score (nSPS) is 11.9. The number of non-ortho nitro benzene ring substituents is 1. The van der Waals surface area contributed by atoms with Crippen LogP contribution in [0.5, 0.6) is 5.75 Å². The van der Waals surface area contributed by atoms with Gasteiger partial charge >= 0.3 is 5.97 Å². The maximum atomic E-state index is 10.9. The number of nitro groups is 1. The molecule has 0 saturated carbocycles. The predicted octanol–water partition coefficient (Wildman–Crippen LogP) is 1.87. The molecular formula is C13H14N4O5S. The van der Waals surface area contributed by atoms with E-state index in [0.29, 0.717) is 16.7 Å². The lowest BCUT2D eigenvalue weighted by molar-refractivity contribution is -0.384. The van der Waals surface area contributed by atoms with Gasteiger partial charge in [-0.3, -0.25) is 14.9 Å². The van der Waals surface area contributed by atoms with E-state index >= 15 is 0 Å². The number of carboxylic acid groups (broad SMARTS) is 1. The second kappa shape index (κ2) is 7.09. The molecule has 0 aliphatic carbocycles. The molecule has 1 N–H and O–H groups in total. The Kier molecular flexibility index (Phi) is 5.16. The molecule has 23 heavy (non-hydrogen) atoms. The van der Waals surface area contributed by atoms with E-state index in [9.17, 15) is 14.9 Å². The molecule has 0 radical (unpaired) electrons. The minimum Gasteiger partial charge on any atom is -0.486 e. The largest absolute Gasteiger partial charge is 0.486 e. The zero-order valence-electron chi connectivity index (χ0n) is 12.4. The van der Waals surface area contributed by atoms with Gasteiger partial charge in [-0.1, -0.05) is 11.8 Å². The maximum absolute atomic E-state index is 10.9. The quantitative estimate of drug-likeness (QED) is 0.461. The number of ether oxygens (including phenoxy) is 1. The van der Waals surface area contributed by atoms with Crippen LogP contribution in [0.4, 0.5) is 5.69 Å². The number of carboxylic acids is 1. The van der Waals surface area contributed by atoms with Gasteiger partial charge < -0.3 is 14.4 Å². The van der Waals surface area contributed by atoms with Crippen LogP contribution in [-0.4, -0.2) is 36.0 Å². The summed E-state index contributed by atoms with van der Waals surface area (Å²) in [5.74, 6) is 0.0526. The van der Waals surface area contributed by atoms with Gasteiger partial charge in [0.1, 0.15) is 17.6 Å². The maximum Gasteiger partial charge on any atom is 0.316 e. The number of hydrogen-bond donors (Lipinski definition) is 1. The highest BCUT2D eigenvalue weighted by Crippen LogP contribution is 2.22. The number of aromatic nitrogens is 3. The molecule has 0 amide bonds. The van der Waals surface area contributed by atoms with Gasteiger partial charge in [-0.25, -0.2) is 0 Å². The Bertz CT molecular complexity index is 716. The van der Waals surface area contributed by atoms with Crippen LogP contribution >= 0.6 is 11.8 Å². The second-order valence-electron chi connectivity index (χ2n) is 4.60. The Morgan fingerprint density at radius 3 is 2.65 bits per heavy atom. The smallest absolute Gasteiger partial charge is 0.316 e. The summed E-state index contributed by atoms with van der Waals surface area (Å²) >= 11 is 1.09. The Labute approximate surface area is 135 Å². The van der Waals surface area contributed by atoms with E-state index in [-0.39, 0.29) is 12.3 Å². The standard InChI is InChI=1S/C13H14N4O5S/c1-8(12(18)19)23-13-15-14-11(16(13)2)7-22-10-5-3-9(4-6-10)17(20)21/h3-6,8H,7H2,1-2H3,(H,18,19)/t8-/m1/s1. The van der Waals surface area contributed by atoms with Gasteiger partial charge in [0.25, 0.3) is 5.69 Å². The zero-order valence-corrected chi connectivity index (χ0v) is 13.2. The molecule has 10 heteroatoms. The Balaban J connectivity index is 1.99. The van der Waals surface area contributed by atoms with Gasteiger partial charge in [-0.2, -0.15) is 0 Å². The Morgan fingerprint density at radius 1 is 1.43 bits per heavy atom. The summed E-state index contributed by atoms with van der Waals surface area (Å²) in [6.07, 6.45) is 0. The number of thioether (sulfide) groups is 1. The lowest BCUT2D eigenvalue weighted by Crippen LogP contribution is -2.12. The van der Waals surface area contributed by atoms with Crippen molar-refractivity contribution in [1.29, 1.82) is 0 Å². The van der Waals surface area contributed by atoms with E-state index < -0.39 is 16.1 Å². The first-order valence-electron chi connectivity index (χ1n) is 6.53. The van der Waals surface area contributed by atoms with E-state index in [4.69, 9.17) is 9.84 Å². The molecule has 2 aromatic rings.